The van der Waals surface area contributed by atoms with Crippen molar-refractivity contribution < 1.29 is 9.63 Å². The van der Waals surface area contributed by atoms with E-state index in [9.17, 15) is 4.79 Å². The number of anilines is 1. The van der Waals surface area contributed by atoms with Gasteiger partial charge in [-0.25, -0.2) is 9.97 Å². The molecule has 0 radical (unpaired) electrons. The monoisotopic (exact) mass is 366 g/mol. The van der Waals surface area contributed by atoms with Gasteiger partial charge < -0.3 is 10.2 Å². The molecule has 0 fully saturated rings. The number of carbonyl (C=O) groups excluding carboxylic acids is 1. The Morgan fingerprint density at radius 3 is 2.54 bits per heavy atom. The van der Waals surface area contributed by atoms with E-state index in [4.69, 9.17) is 28.0 Å². The molecule has 2 aromatic rings. The van der Waals surface area contributed by atoms with E-state index in [1.165, 1.54) is 7.11 Å². The van der Waals surface area contributed by atoms with E-state index in [2.05, 4.69) is 20.4 Å². The maximum Gasteiger partial charge on any atom is 0.224 e. The summed E-state index contributed by atoms with van der Waals surface area (Å²) < 4.78 is 0. The maximum atomic E-state index is 12.0. The summed E-state index contributed by atoms with van der Waals surface area (Å²) in [7, 11) is 1.45. The average molecular weight is 367 g/mol. The zero-order valence-corrected chi connectivity index (χ0v) is 14.7. The van der Waals surface area contributed by atoms with Crippen molar-refractivity contribution in [3.63, 3.8) is 0 Å². The van der Waals surface area contributed by atoms with E-state index >= 15 is 0 Å². The topological polar surface area (TPSA) is 76.5 Å². The number of aryl methyl sites for hydroxylation is 1. The van der Waals surface area contributed by atoms with Crippen LogP contribution in [0.2, 0.25) is 10.0 Å². The van der Waals surface area contributed by atoms with Crippen molar-refractivity contribution in [1.82, 2.24) is 9.97 Å². The van der Waals surface area contributed by atoms with Crippen molar-refractivity contribution in [2.24, 2.45) is 5.16 Å². The fourth-order valence-electron chi connectivity index (χ4n) is 1.94. The molecule has 2 rings (SSSR count). The number of benzene rings is 1. The summed E-state index contributed by atoms with van der Waals surface area (Å²) in [5.74, 6) is 0.466. The van der Waals surface area contributed by atoms with Gasteiger partial charge in [-0.2, -0.15) is 0 Å². The normalized spacial score (nSPS) is 11.2. The van der Waals surface area contributed by atoms with Gasteiger partial charge in [-0.1, -0.05) is 34.4 Å². The van der Waals surface area contributed by atoms with Gasteiger partial charge in [0.15, 0.2) is 0 Å². The van der Waals surface area contributed by atoms with Gasteiger partial charge in [-0.05, 0) is 19.1 Å². The number of amides is 1. The summed E-state index contributed by atoms with van der Waals surface area (Å²) in [6.07, 6.45) is 3.72. The minimum atomic E-state index is -0.175. The third kappa shape index (κ3) is 5.18. The Balaban J connectivity index is 2.00. The van der Waals surface area contributed by atoms with Crippen LogP contribution >= 0.6 is 23.2 Å². The number of hydrogen-bond acceptors (Lipinski definition) is 5. The van der Waals surface area contributed by atoms with Crippen LogP contribution in [0.4, 0.5) is 5.69 Å². The molecule has 1 heterocycles. The highest BCUT2D eigenvalue weighted by Crippen LogP contribution is 2.23. The molecular weight excluding hydrogens is 351 g/mol. The lowest BCUT2D eigenvalue weighted by atomic mass is 10.1. The Kier molecular flexibility index (Phi) is 6.52. The van der Waals surface area contributed by atoms with Crippen LogP contribution in [0, 0.1) is 6.92 Å². The summed E-state index contributed by atoms with van der Waals surface area (Å²) in [6, 6.07) is 5.14. The van der Waals surface area contributed by atoms with Gasteiger partial charge in [0.25, 0.3) is 0 Å². The van der Waals surface area contributed by atoms with E-state index in [1.54, 1.807) is 37.5 Å². The first kappa shape index (κ1) is 18.2. The lowest BCUT2D eigenvalue weighted by Crippen LogP contribution is -2.14. The van der Waals surface area contributed by atoms with Gasteiger partial charge in [-0.3, -0.25) is 4.79 Å². The van der Waals surface area contributed by atoms with Gasteiger partial charge in [0.2, 0.25) is 5.91 Å². The number of nitrogens with one attached hydrogen (secondary N) is 1. The Morgan fingerprint density at radius 2 is 1.92 bits per heavy atom. The predicted molar refractivity (Wildman–Crippen MR) is 94.6 cm³/mol. The number of hydrogen-bond donors (Lipinski definition) is 1. The molecular formula is C16H16Cl2N4O2. The first-order valence-corrected chi connectivity index (χ1v) is 7.89. The summed E-state index contributed by atoms with van der Waals surface area (Å²) in [6.45, 7) is 1.77. The predicted octanol–water partition coefficient (Wildman–Crippen LogP) is 3.86. The van der Waals surface area contributed by atoms with Crippen LogP contribution < -0.4 is 5.32 Å². The minimum Gasteiger partial charge on any atom is -0.399 e. The van der Waals surface area contributed by atoms with Crippen molar-refractivity contribution >= 4 is 40.5 Å². The molecule has 126 valence electrons. The van der Waals surface area contributed by atoms with Gasteiger partial charge in [0.1, 0.15) is 12.9 Å². The second kappa shape index (κ2) is 8.61. The quantitative estimate of drug-likeness (QED) is 0.621. The first-order valence-electron chi connectivity index (χ1n) is 7.13. The largest absolute Gasteiger partial charge is 0.399 e. The molecule has 0 spiro atoms. The Morgan fingerprint density at radius 1 is 1.21 bits per heavy atom. The highest BCUT2D eigenvalue weighted by Gasteiger charge is 2.11. The molecule has 0 aliphatic rings. The van der Waals surface area contributed by atoms with Gasteiger partial charge in [0, 0.05) is 18.4 Å². The molecule has 24 heavy (non-hydrogen) atoms. The Bertz CT molecular complexity index is 748. The molecule has 8 heteroatoms. The third-order valence-corrected chi connectivity index (χ3v) is 3.85. The van der Waals surface area contributed by atoms with E-state index in [0.717, 1.165) is 5.56 Å². The molecule has 0 aliphatic heterocycles. The summed E-state index contributed by atoms with van der Waals surface area (Å²) in [5, 5.41) is 7.57. The molecule has 1 N–H and O–H groups in total. The van der Waals surface area contributed by atoms with Crippen LogP contribution in [0.25, 0.3) is 0 Å². The number of aromatic nitrogens is 2. The second-order valence-corrected chi connectivity index (χ2v) is 5.73. The van der Waals surface area contributed by atoms with Crippen LogP contribution in [-0.2, 0) is 9.63 Å². The summed E-state index contributed by atoms with van der Waals surface area (Å²) >= 11 is 11.9. The van der Waals surface area contributed by atoms with Gasteiger partial charge in [0.05, 0.1) is 33.8 Å². The standard InChI is InChI=1S/C16H16Cl2N4O2/c1-10-19-8-12(9-20-10)21-16(23)6-5-15(22-24-2)11-3-4-13(17)14(18)7-11/h3-4,7-9H,5-6H2,1-2H3,(H,21,23)/b22-15+. The van der Waals surface area contributed by atoms with Crippen molar-refractivity contribution in [2.75, 3.05) is 12.4 Å². The molecule has 1 amide bonds. The fourth-order valence-corrected chi connectivity index (χ4v) is 2.24. The third-order valence-electron chi connectivity index (χ3n) is 3.11. The zero-order chi connectivity index (χ0) is 17.5. The van der Waals surface area contributed by atoms with Crippen LogP contribution in [0.5, 0.6) is 0 Å². The number of oxime groups is 1. The van der Waals surface area contributed by atoms with E-state index in [-0.39, 0.29) is 12.3 Å². The van der Waals surface area contributed by atoms with Crippen molar-refractivity contribution in [3.05, 3.63) is 52.0 Å². The highest BCUT2D eigenvalue weighted by atomic mass is 35.5. The molecule has 0 bridgehead atoms. The highest BCUT2D eigenvalue weighted by molar-refractivity contribution is 6.42. The number of carbonyl (C=O) groups is 1. The molecule has 6 nitrogen and oxygen atoms in total. The van der Waals surface area contributed by atoms with Crippen LogP contribution in [0.15, 0.2) is 35.7 Å². The number of halogens is 2. The molecule has 0 saturated carbocycles. The van der Waals surface area contributed by atoms with Crippen LogP contribution in [-0.4, -0.2) is 28.7 Å². The van der Waals surface area contributed by atoms with Gasteiger partial charge in [-0.15, -0.1) is 0 Å². The maximum absolute atomic E-state index is 12.0. The summed E-state index contributed by atoms with van der Waals surface area (Å²) in [4.78, 5) is 25.0. The molecule has 1 aromatic carbocycles. The molecule has 0 saturated heterocycles. The first-order chi connectivity index (χ1) is 11.5. The number of nitrogens with zero attached hydrogens (tertiary/aromatic N) is 3. The second-order valence-electron chi connectivity index (χ2n) is 4.92. The Labute approximate surface area is 149 Å². The Hall–Kier alpha value is -2.18. The molecule has 1 aromatic heterocycles. The van der Waals surface area contributed by atoms with Crippen LogP contribution in [0.3, 0.4) is 0 Å². The van der Waals surface area contributed by atoms with Crippen molar-refractivity contribution in [3.8, 4) is 0 Å². The smallest absolute Gasteiger partial charge is 0.224 e. The lowest BCUT2D eigenvalue weighted by Gasteiger charge is -2.08. The zero-order valence-electron chi connectivity index (χ0n) is 13.2. The fraction of sp³-hybridized carbons (Fsp3) is 0.250. The SMILES string of the molecule is CO/N=C(\CCC(=O)Nc1cnc(C)nc1)c1ccc(Cl)c(Cl)c1. The lowest BCUT2D eigenvalue weighted by molar-refractivity contribution is -0.116. The molecule has 0 aliphatic carbocycles. The molecule has 0 atom stereocenters. The van der Waals surface area contributed by atoms with Crippen molar-refractivity contribution in [2.45, 2.75) is 19.8 Å². The number of rotatable bonds is 6. The van der Waals surface area contributed by atoms with E-state index in [0.29, 0.717) is 33.7 Å². The van der Waals surface area contributed by atoms with Crippen molar-refractivity contribution in [1.29, 1.82) is 0 Å². The van der Waals surface area contributed by atoms with E-state index < -0.39 is 0 Å². The van der Waals surface area contributed by atoms with E-state index in [1.807, 2.05) is 0 Å². The van der Waals surface area contributed by atoms with Crippen LogP contribution in [0.1, 0.15) is 24.2 Å². The van der Waals surface area contributed by atoms with Gasteiger partial charge >= 0.3 is 0 Å². The minimum absolute atomic E-state index is 0.175. The molecule has 0 unspecified atom stereocenters. The summed E-state index contributed by atoms with van der Waals surface area (Å²) in [5.41, 5.74) is 1.90. The average Bonchev–Trinajstić information content (AvgIpc) is 2.56.